The van der Waals surface area contributed by atoms with Gasteiger partial charge < -0.3 is 10.1 Å². The SMILES string of the molecule is Cc1cc(Oc2ccccc2C)nc([C@@H]2CCNC2)n1. The molecule has 1 atom stereocenters. The quantitative estimate of drug-likeness (QED) is 0.930. The van der Waals surface area contributed by atoms with E-state index in [1.165, 1.54) is 0 Å². The molecule has 2 aromatic rings. The highest BCUT2D eigenvalue weighted by Gasteiger charge is 2.20. The molecule has 1 aromatic carbocycles. The largest absolute Gasteiger partial charge is 0.439 e. The number of hydrogen-bond acceptors (Lipinski definition) is 4. The summed E-state index contributed by atoms with van der Waals surface area (Å²) in [5.41, 5.74) is 2.05. The molecule has 0 spiro atoms. The maximum atomic E-state index is 5.92. The van der Waals surface area contributed by atoms with Crippen molar-refractivity contribution >= 4 is 0 Å². The number of nitrogens with one attached hydrogen (secondary N) is 1. The molecule has 4 nitrogen and oxygen atoms in total. The van der Waals surface area contributed by atoms with Gasteiger partial charge in [-0.1, -0.05) is 18.2 Å². The fourth-order valence-corrected chi connectivity index (χ4v) is 2.46. The second-order valence-electron chi connectivity index (χ2n) is 5.26. The summed E-state index contributed by atoms with van der Waals surface area (Å²) < 4.78 is 5.92. The number of aryl methyl sites for hydroxylation is 2. The minimum absolute atomic E-state index is 0.397. The summed E-state index contributed by atoms with van der Waals surface area (Å²) in [6.45, 7) is 6.01. The Kier molecular flexibility index (Phi) is 3.65. The zero-order chi connectivity index (χ0) is 13.9. The summed E-state index contributed by atoms with van der Waals surface area (Å²) in [7, 11) is 0. The third kappa shape index (κ3) is 2.80. The standard InChI is InChI=1S/C16H19N3O/c1-11-5-3-4-6-14(11)20-15-9-12(2)18-16(19-15)13-7-8-17-10-13/h3-6,9,13,17H,7-8,10H2,1-2H3/t13-/m1/s1. The molecule has 1 aliphatic rings. The van der Waals surface area contributed by atoms with Crippen molar-refractivity contribution in [3.63, 3.8) is 0 Å². The molecular formula is C16H19N3O. The third-order valence-electron chi connectivity index (χ3n) is 3.58. The summed E-state index contributed by atoms with van der Waals surface area (Å²) in [5, 5.41) is 3.35. The molecule has 104 valence electrons. The molecule has 1 N–H and O–H groups in total. The molecule has 1 fully saturated rings. The van der Waals surface area contributed by atoms with Crippen LogP contribution in [0, 0.1) is 13.8 Å². The molecule has 0 unspecified atom stereocenters. The minimum atomic E-state index is 0.397. The smallest absolute Gasteiger partial charge is 0.222 e. The van der Waals surface area contributed by atoms with Crippen LogP contribution in [0.15, 0.2) is 30.3 Å². The fourth-order valence-electron chi connectivity index (χ4n) is 2.46. The van der Waals surface area contributed by atoms with Crippen LogP contribution in [-0.2, 0) is 0 Å². The van der Waals surface area contributed by atoms with E-state index in [-0.39, 0.29) is 0 Å². The molecule has 1 saturated heterocycles. The van der Waals surface area contributed by atoms with Gasteiger partial charge in [-0.3, -0.25) is 0 Å². The molecule has 1 aromatic heterocycles. The normalized spacial score (nSPS) is 18.2. The van der Waals surface area contributed by atoms with Gasteiger partial charge in [-0.05, 0) is 38.4 Å². The van der Waals surface area contributed by atoms with E-state index < -0.39 is 0 Å². The van der Waals surface area contributed by atoms with Crippen LogP contribution in [0.3, 0.4) is 0 Å². The highest BCUT2D eigenvalue weighted by atomic mass is 16.5. The molecule has 4 heteroatoms. The van der Waals surface area contributed by atoms with Crippen LogP contribution in [0.4, 0.5) is 0 Å². The van der Waals surface area contributed by atoms with Crippen molar-refractivity contribution in [3.05, 3.63) is 47.4 Å². The van der Waals surface area contributed by atoms with Gasteiger partial charge in [0.15, 0.2) is 0 Å². The Morgan fingerprint density at radius 2 is 2.05 bits per heavy atom. The molecule has 2 heterocycles. The molecule has 0 saturated carbocycles. The Morgan fingerprint density at radius 1 is 1.20 bits per heavy atom. The zero-order valence-electron chi connectivity index (χ0n) is 11.9. The third-order valence-corrected chi connectivity index (χ3v) is 3.58. The Labute approximate surface area is 119 Å². The first-order valence-electron chi connectivity index (χ1n) is 7.02. The van der Waals surface area contributed by atoms with Gasteiger partial charge in [-0.2, -0.15) is 4.98 Å². The summed E-state index contributed by atoms with van der Waals surface area (Å²) >= 11 is 0. The minimum Gasteiger partial charge on any atom is -0.439 e. The van der Waals surface area contributed by atoms with Crippen LogP contribution < -0.4 is 10.1 Å². The van der Waals surface area contributed by atoms with Gasteiger partial charge in [0.25, 0.3) is 0 Å². The number of para-hydroxylation sites is 1. The number of aromatic nitrogens is 2. The van der Waals surface area contributed by atoms with E-state index >= 15 is 0 Å². The Morgan fingerprint density at radius 3 is 2.80 bits per heavy atom. The molecule has 0 bridgehead atoms. The molecule has 0 aliphatic carbocycles. The van der Waals surface area contributed by atoms with E-state index in [1.54, 1.807) is 0 Å². The van der Waals surface area contributed by atoms with Crippen LogP contribution in [0.1, 0.15) is 29.4 Å². The van der Waals surface area contributed by atoms with Gasteiger partial charge in [0.1, 0.15) is 11.6 Å². The van der Waals surface area contributed by atoms with Gasteiger partial charge >= 0.3 is 0 Å². The Balaban J connectivity index is 1.88. The second-order valence-corrected chi connectivity index (χ2v) is 5.26. The lowest BCUT2D eigenvalue weighted by Gasteiger charge is -2.12. The van der Waals surface area contributed by atoms with Gasteiger partial charge in [0.05, 0.1) is 0 Å². The lowest BCUT2D eigenvalue weighted by Crippen LogP contribution is -2.11. The van der Waals surface area contributed by atoms with Crippen LogP contribution >= 0.6 is 0 Å². The van der Waals surface area contributed by atoms with E-state index in [0.29, 0.717) is 11.8 Å². The van der Waals surface area contributed by atoms with Crippen molar-refractivity contribution in [1.29, 1.82) is 0 Å². The highest BCUT2D eigenvalue weighted by molar-refractivity contribution is 5.35. The molecule has 20 heavy (non-hydrogen) atoms. The van der Waals surface area contributed by atoms with Crippen molar-refractivity contribution in [1.82, 2.24) is 15.3 Å². The molecule has 3 rings (SSSR count). The zero-order valence-corrected chi connectivity index (χ0v) is 11.9. The summed E-state index contributed by atoms with van der Waals surface area (Å²) in [4.78, 5) is 9.13. The van der Waals surface area contributed by atoms with E-state index in [9.17, 15) is 0 Å². The van der Waals surface area contributed by atoms with Crippen LogP contribution in [0.25, 0.3) is 0 Å². The first-order chi connectivity index (χ1) is 9.72. The maximum Gasteiger partial charge on any atom is 0.222 e. The number of hydrogen-bond donors (Lipinski definition) is 1. The van der Waals surface area contributed by atoms with E-state index in [4.69, 9.17) is 4.74 Å². The average molecular weight is 269 g/mol. The summed E-state index contributed by atoms with van der Waals surface area (Å²) in [5.74, 6) is 2.77. The lowest BCUT2D eigenvalue weighted by atomic mass is 10.1. The van der Waals surface area contributed by atoms with E-state index in [2.05, 4.69) is 15.3 Å². The van der Waals surface area contributed by atoms with E-state index in [1.807, 2.05) is 44.2 Å². The lowest BCUT2D eigenvalue weighted by molar-refractivity contribution is 0.451. The van der Waals surface area contributed by atoms with Crippen molar-refractivity contribution in [2.75, 3.05) is 13.1 Å². The van der Waals surface area contributed by atoms with Crippen molar-refractivity contribution in [3.8, 4) is 11.6 Å². The Bertz CT molecular complexity index is 606. The summed E-state index contributed by atoms with van der Waals surface area (Å²) in [6, 6.07) is 9.86. The van der Waals surface area contributed by atoms with Crippen molar-refractivity contribution < 1.29 is 4.74 Å². The van der Waals surface area contributed by atoms with Gasteiger partial charge in [-0.15, -0.1) is 0 Å². The predicted molar refractivity (Wildman–Crippen MR) is 78.2 cm³/mol. The van der Waals surface area contributed by atoms with Crippen molar-refractivity contribution in [2.24, 2.45) is 0 Å². The first-order valence-corrected chi connectivity index (χ1v) is 7.02. The topological polar surface area (TPSA) is 47.0 Å². The molecular weight excluding hydrogens is 250 g/mol. The fraction of sp³-hybridized carbons (Fsp3) is 0.375. The van der Waals surface area contributed by atoms with Gasteiger partial charge in [0.2, 0.25) is 5.88 Å². The number of rotatable bonds is 3. The molecule has 0 radical (unpaired) electrons. The van der Waals surface area contributed by atoms with Gasteiger partial charge in [0, 0.05) is 24.2 Å². The molecule has 0 amide bonds. The average Bonchev–Trinajstić information content (AvgIpc) is 2.95. The number of benzene rings is 1. The van der Waals surface area contributed by atoms with E-state index in [0.717, 1.165) is 42.3 Å². The molecule has 1 aliphatic heterocycles. The highest BCUT2D eigenvalue weighted by Crippen LogP contribution is 2.26. The van der Waals surface area contributed by atoms with Crippen LogP contribution in [0.5, 0.6) is 11.6 Å². The second kappa shape index (κ2) is 5.59. The Hall–Kier alpha value is -1.94. The van der Waals surface area contributed by atoms with Crippen LogP contribution in [-0.4, -0.2) is 23.1 Å². The van der Waals surface area contributed by atoms with Crippen LogP contribution in [0.2, 0.25) is 0 Å². The number of ether oxygens (including phenoxy) is 1. The first kappa shape index (κ1) is 13.1. The monoisotopic (exact) mass is 269 g/mol. The van der Waals surface area contributed by atoms with Gasteiger partial charge in [-0.25, -0.2) is 4.98 Å². The van der Waals surface area contributed by atoms with Crippen molar-refractivity contribution in [2.45, 2.75) is 26.2 Å². The maximum absolute atomic E-state index is 5.92. The predicted octanol–water partition coefficient (Wildman–Crippen LogP) is 2.96. The number of nitrogens with zero attached hydrogens (tertiary/aromatic N) is 2. The summed E-state index contributed by atoms with van der Waals surface area (Å²) in [6.07, 6.45) is 1.09.